The Bertz CT molecular complexity index is 720. The fourth-order valence-electron chi connectivity index (χ4n) is 2.62. The summed E-state index contributed by atoms with van der Waals surface area (Å²) in [6, 6.07) is 11.5. The van der Waals surface area contributed by atoms with Crippen molar-refractivity contribution in [3.8, 4) is 5.75 Å². The number of benzene rings is 2. The summed E-state index contributed by atoms with van der Waals surface area (Å²) < 4.78 is 5.33. The average molecular weight is 309 g/mol. The van der Waals surface area contributed by atoms with Crippen LogP contribution in [0.2, 0.25) is 0 Å². The molecule has 0 saturated heterocycles. The largest absolute Gasteiger partial charge is 0.496 e. The van der Waals surface area contributed by atoms with Gasteiger partial charge in [0, 0.05) is 11.3 Å². The van der Waals surface area contributed by atoms with Gasteiger partial charge in [-0.3, -0.25) is 4.79 Å². The molecule has 0 aromatic heterocycles. The Hall–Kier alpha value is -2.55. The first-order valence-electron chi connectivity index (χ1n) is 7.78. The molecule has 0 aliphatic heterocycles. The Morgan fingerprint density at radius 3 is 2.70 bits per heavy atom. The van der Waals surface area contributed by atoms with Gasteiger partial charge in [0.25, 0.3) is 5.91 Å². The zero-order valence-electron chi connectivity index (χ0n) is 14.0. The third-order valence-electron chi connectivity index (χ3n) is 3.89. The van der Waals surface area contributed by atoms with Crippen LogP contribution >= 0.6 is 0 Å². The van der Waals surface area contributed by atoms with E-state index in [1.807, 2.05) is 37.3 Å². The number of amides is 1. The van der Waals surface area contributed by atoms with Gasteiger partial charge in [0.2, 0.25) is 0 Å². The lowest BCUT2D eigenvalue weighted by Gasteiger charge is -2.14. The van der Waals surface area contributed by atoms with Crippen molar-refractivity contribution in [1.82, 2.24) is 0 Å². The maximum atomic E-state index is 12.6. The second-order valence-electron chi connectivity index (χ2n) is 5.44. The van der Waals surface area contributed by atoms with Gasteiger partial charge in [0.05, 0.1) is 7.11 Å². The Kier molecular flexibility index (Phi) is 5.58. The Balaban J connectivity index is 2.31. The lowest BCUT2D eigenvalue weighted by atomic mass is 10.0. The van der Waals surface area contributed by atoms with Gasteiger partial charge in [-0.25, -0.2) is 0 Å². The number of hydrogen-bond acceptors (Lipinski definition) is 2. The fraction of sp³-hybridized carbons (Fsp3) is 0.250. The molecule has 1 N–H and O–H groups in total. The predicted molar refractivity (Wildman–Crippen MR) is 95.4 cm³/mol. The molecule has 0 unspecified atom stereocenters. The minimum absolute atomic E-state index is 0.109. The van der Waals surface area contributed by atoms with Crippen LogP contribution in [0.5, 0.6) is 5.75 Å². The first-order chi connectivity index (χ1) is 11.1. The van der Waals surface area contributed by atoms with Gasteiger partial charge in [-0.1, -0.05) is 31.2 Å². The van der Waals surface area contributed by atoms with Crippen LogP contribution < -0.4 is 10.1 Å². The molecule has 23 heavy (non-hydrogen) atoms. The molecule has 1 amide bonds. The van der Waals surface area contributed by atoms with Crippen LogP contribution in [-0.2, 0) is 12.8 Å². The van der Waals surface area contributed by atoms with Gasteiger partial charge >= 0.3 is 0 Å². The lowest BCUT2D eigenvalue weighted by molar-refractivity contribution is 0.102. The molecular weight excluding hydrogens is 286 g/mol. The number of nitrogens with one attached hydrogen (secondary N) is 1. The Morgan fingerprint density at radius 1 is 1.26 bits per heavy atom. The normalized spacial score (nSPS) is 10.2. The summed E-state index contributed by atoms with van der Waals surface area (Å²) in [4.78, 5) is 12.6. The van der Waals surface area contributed by atoms with E-state index in [-0.39, 0.29) is 5.91 Å². The predicted octanol–water partition coefficient (Wildman–Crippen LogP) is 4.55. The number of allylic oxidation sites excluding steroid dienone is 1. The molecule has 0 bridgehead atoms. The van der Waals surface area contributed by atoms with E-state index >= 15 is 0 Å². The molecule has 0 aliphatic carbocycles. The van der Waals surface area contributed by atoms with E-state index in [4.69, 9.17) is 4.74 Å². The molecule has 120 valence electrons. The van der Waals surface area contributed by atoms with Crippen molar-refractivity contribution in [2.75, 3.05) is 12.4 Å². The molecule has 3 heteroatoms. The van der Waals surface area contributed by atoms with Crippen LogP contribution in [0.25, 0.3) is 0 Å². The smallest absolute Gasteiger partial charge is 0.255 e. The fourth-order valence-corrected chi connectivity index (χ4v) is 2.62. The van der Waals surface area contributed by atoms with Crippen LogP contribution in [0.3, 0.4) is 0 Å². The molecule has 0 aliphatic rings. The number of ether oxygens (including phenoxy) is 1. The number of para-hydroxylation sites is 1. The Labute approximate surface area is 138 Å². The van der Waals surface area contributed by atoms with Crippen LogP contribution in [-0.4, -0.2) is 13.0 Å². The first kappa shape index (κ1) is 16.8. The van der Waals surface area contributed by atoms with E-state index in [9.17, 15) is 4.79 Å². The summed E-state index contributed by atoms with van der Waals surface area (Å²) in [6.45, 7) is 7.84. The molecule has 2 aromatic rings. The van der Waals surface area contributed by atoms with Crippen molar-refractivity contribution in [1.29, 1.82) is 0 Å². The number of aryl methyl sites for hydroxylation is 2. The maximum absolute atomic E-state index is 12.6. The van der Waals surface area contributed by atoms with Gasteiger partial charge in [-0.05, 0) is 54.7 Å². The van der Waals surface area contributed by atoms with Crippen LogP contribution in [0.15, 0.2) is 49.1 Å². The third-order valence-corrected chi connectivity index (χ3v) is 3.89. The summed E-state index contributed by atoms with van der Waals surface area (Å²) in [7, 11) is 1.63. The molecule has 0 heterocycles. The van der Waals surface area contributed by atoms with E-state index < -0.39 is 0 Å². The van der Waals surface area contributed by atoms with E-state index in [2.05, 4.69) is 18.8 Å². The van der Waals surface area contributed by atoms with Crippen molar-refractivity contribution >= 4 is 11.6 Å². The highest BCUT2D eigenvalue weighted by atomic mass is 16.5. The van der Waals surface area contributed by atoms with Crippen molar-refractivity contribution in [2.24, 2.45) is 0 Å². The molecule has 3 nitrogen and oxygen atoms in total. The van der Waals surface area contributed by atoms with Crippen LogP contribution in [0.1, 0.15) is 34.0 Å². The number of rotatable bonds is 6. The minimum atomic E-state index is -0.109. The van der Waals surface area contributed by atoms with E-state index in [1.165, 1.54) is 0 Å². The maximum Gasteiger partial charge on any atom is 0.255 e. The molecule has 2 aromatic carbocycles. The van der Waals surface area contributed by atoms with Gasteiger partial charge < -0.3 is 10.1 Å². The van der Waals surface area contributed by atoms with Gasteiger partial charge in [-0.2, -0.15) is 0 Å². The quantitative estimate of drug-likeness (QED) is 0.795. The second kappa shape index (κ2) is 7.63. The van der Waals surface area contributed by atoms with Gasteiger partial charge in [-0.15, -0.1) is 6.58 Å². The van der Waals surface area contributed by atoms with E-state index in [0.29, 0.717) is 12.0 Å². The van der Waals surface area contributed by atoms with Crippen LogP contribution in [0.4, 0.5) is 5.69 Å². The lowest BCUT2D eigenvalue weighted by Crippen LogP contribution is -2.14. The van der Waals surface area contributed by atoms with Crippen LogP contribution in [0, 0.1) is 6.92 Å². The summed E-state index contributed by atoms with van der Waals surface area (Å²) in [5.41, 5.74) is 4.68. The molecule has 0 atom stereocenters. The Morgan fingerprint density at radius 2 is 2.04 bits per heavy atom. The number of carbonyl (C=O) groups excluding carboxylic acids is 1. The minimum Gasteiger partial charge on any atom is -0.496 e. The zero-order chi connectivity index (χ0) is 16.8. The first-order valence-corrected chi connectivity index (χ1v) is 7.78. The molecule has 0 saturated carbocycles. The van der Waals surface area contributed by atoms with Crippen molar-refractivity contribution in [3.63, 3.8) is 0 Å². The topological polar surface area (TPSA) is 38.3 Å². The highest BCUT2D eigenvalue weighted by Gasteiger charge is 2.12. The van der Waals surface area contributed by atoms with Crippen molar-refractivity contribution < 1.29 is 9.53 Å². The molecule has 2 rings (SSSR count). The SMILES string of the molecule is C=CCc1cc(C(=O)Nc2c(C)cccc2CC)ccc1OC. The van der Waals surface area contributed by atoms with E-state index in [1.54, 1.807) is 19.3 Å². The standard InChI is InChI=1S/C20H23NO2/c1-5-8-16-13-17(11-12-18(16)23-4)20(22)21-19-14(3)9-7-10-15(19)6-2/h5,7,9-13H,1,6,8H2,2-4H3,(H,21,22). The van der Waals surface area contributed by atoms with E-state index in [0.717, 1.165) is 34.5 Å². The highest BCUT2D eigenvalue weighted by molar-refractivity contribution is 6.05. The molecular formula is C20H23NO2. The zero-order valence-corrected chi connectivity index (χ0v) is 14.0. The molecule has 0 spiro atoms. The number of hydrogen-bond donors (Lipinski definition) is 1. The number of carbonyl (C=O) groups is 1. The van der Waals surface area contributed by atoms with Gasteiger partial charge in [0.1, 0.15) is 5.75 Å². The number of methoxy groups -OCH3 is 1. The molecule has 0 radical (unpaired) electrons. The summed E-state index contributed by atoms with van der Waals surface area (Å²) in [5, 5.41) is 3.05. The summed E-state index contributed by atoms with van der Waals surface area (Å²) >= 11 is 0. The van der Waals surface area contributed by atoms with Gasteiger partial charge in [0.15, 0.2) is 0 Å². The highest BCUT2D eigenvalue weighted by Crippen LogP contribution is 2.24. The summed E-state index contributed by atoms with van der Waals surface area (Å²) in [6.07, 6.45) is 3.34. The second-order valence-corrected chi connectivity index (χ2v) is 5.44. The monoisotopic (exact) mass is 309 g/mol. The number of anilines is 1. The molecule has 0 fully saturated rings. The average Bonchev–Trinajstić information content (AvgIpc) is 2.56. The third kappa shape index (κ3) is 3.81. The van der Waals surface area contributed by atoms with Crippen molar-refractivity contribution in [3.05, 3.63) is 71.3 Å². The van der Waals surface area contributed by atoms with Crippen molar-refractivity contribution in [2.45, 2.75) is 26.7 Å². The summed E-state index contributed by atoms with van der Waals surface area (Å²) in [5.74, 6) is 0.661.